The lowest BCUT2D eigenvalue weighted by molar-refractivity contribution is 0.125. The highest BCUT2D eigenvalue weighted by atomic mass is 35.5. The second kappa shape index (κ2) is 7.12. The van der Waals surface area contributed by atoms with Crippen LogP contribution in [0.3, 0.4) is 0 Å². The zero-order valence-electron chi connectivity index (χ0n) is 12.9. The number of hydrogen-bond donors (Lipinski definition) is 2. The lowest BCUT2D eigenvalue weighted by Gasteiger charge is -2.10. The number of nitrogens with one attached hydrogen (secondary N) is 1. The van der Waals surface area contributed by atoms with Crippen LogP contribution in [0.15, 0.2) is 24.3 Å². The molecule has 0 amide bonds. The molecule has 23 heavy (non-hydrogen) atoms. The van der Waals surface area contributed by atoms with Crippen molar-refractivity contribution < 1.29 is 9.84 Å². The maximum absolute atomic E-state index is 9.21. The number of aromatic nitrogens is 3. The van der Waals surface area contributed by atoms with Crippen LogP contribution in [-0.4, -0.2) is 32.9 Å². The maximum Gasteiger partial charge on any atom is 0.169 e. The Morgan fingerprint density at radius 1 is 1.30 bits per heavy atom. The quantitative estimate of drug-likeness (QED) is 0.650. The fourth-order valence-corrected chi connectivity index (χ4v) is 2.85. The van der Waals surface area contributed by atoms with Crippen LogP contribution in [-0.2, 0) is 17.9 Å². The Bertz CT molecular complexity index is 819. The van der Waals surface area contributed by atoms with Gasteiger partial charge in [-0.25, -0.2) is 9.97 Å². The molecule has 0 bridgehead atoms. The molecule has 0 aliphatic heterocycles. The molecule has 122 valence electrons. The van der Waals surface area contributed by atoms with E-state index in [9.17, 15) is 5.11 Å². The largest absolute Gasteiger partial charge is 0.396 e. The molecule has 0 radical (unpaired) electrons. The van der Waals surface area contributed by atoms with E-state index >= 15 is 0 Å². The van der Waals surface area contributed by atoms with Gasteiger partial charge in [0, 0.05) is 36.9 Å². The van der Waals surface area contributed by atoms with Gasteiger partial charge in [0.05, 0.1) is 11.0 Å². The van der Waals surface area contributed by atoms with Gasteiger partial charge in [-0.3, -0.25) is 4.84 Å². The lowest BCUT2D eigenvalue weighted by Crippen LogP contribution is -2.07. The monoisotopic (exact) mass is 334 g/mol. The third kappa shape index (κ3) is 2.97. The highest BCUT2D eigenvalue weighted by Crippen LogP contribution is 2.30. The summed E-state index contributed by atoms with van der Waals surface area (Å²) in [6, 6.07) is 7.87. The number of rotatable bonds is 7. The SMILES string of the molecule is CCOCc1nc2c(NCl)nc3ccccc3c2n1CCCO. The van der Waals surface area contributed by atoms with Crippen molar-refractivity contribution in [3.05, 3.63) is 30.1 Å². The molecule has 0 saturated carbocycles. The van der Waals surface area contributed by atoms with E-state index in [0.717, 1.165) is 22.2 Å². The van der Waals surface area contributed by atoms with Gasteiger partial charge in [0.15, 0.2) is 5.82 Å². The molecule has 2 heterocycles. The van der Waals surface area contributed by atoms with Gasteiger partial charge in [-0.1, -0.05) is 18.2 Å². The van der Waals surface area contributed by atoms with Crippen molar-refractivity contribution in [1.29, 1.82) is 0 Å². The number of anilines is 1. The average molecular weight is 335 g/mol. The molecular weight excluding hydrogens is 316 g/mol. The number of aliphatic hydroxyl groups is 1. The van der Waals surface area contributed by atoms with E-state index in [1.165, 1.54) is 0 Å². The molecule has 1 aromatic carbocycles. The first-order valence-electron chi connectivity index (χ1n) is 7.63. The van der Waals surface area contributed by atoms with Crippen molar-refractivity contribution in [2.45, 2.75) is 26.5 Å². The molecule has 2 aromatic heterocycles. The zero-order valence-corrected chi connectivity index (χ0v) is 13.7. The first-order chi connectivity index (χ1) is 11.3. The van der Waals surface area contributed by atoms with Crippen LogP contribution in [0.4, 0.5) is 5.82 Å². The predicted octanol–water partition coefficient (Wildman–Crippen LogP) is 3.07. The second-order valence-electron chi connectivity index (χ2n) is 5.16. The van der Waals surface area contributed by atoms with Crippen molar-refractivity contribution in [3.63, 3.8) is 0 Å². The van der Waals surface area contributed by atoms with Crippen molar-refractivity contribution in [2.75, 3.05) is 18.0 Å². The van der Waals surface area contributed by atoms with Gasteiger partial charge >= 0.3 is 0 Å². The molecule has 6 nitrogen and oxygen atoms in total. The van der Waals surface area contributed by atoms with Gasteiger partial charge in [0.1, 0.15) is 17.9 Å². The number of para-hydroxylation sites is 1. The Balaban J connectivity index is 2.29. The van der Waals surface area contributed by atoms with Gasteiger partial charge in [0.25, 0.3) is 0 Å². The Morgan fingerprint density at radius 3 is 2.87 bits per heavy atom. The smallest absolute Gasteiger partial charge is 0.169 e. The van der Waals surface area contributed by atoms with Crippen LogP contribution in [0.25, 0.3) is 21.9 Å². The number of hydrogen-bond acceptors (Lipinski definition) is 5. The third-order valence-electron chi connectivity index (χ3n) is 3.73. The van der Waals surface area contributed by atoms with E-state index in [2.05, 4.69) is 19.4 Å². The summed E-state index contributed by atoms with van der Waals surface area (Å²) in [5.74, 6) is 1.34. The molecule has 2 N–H and O–H groups in total. The lowest BCUT2D eigenvalue weighted by atomic mass is 10.2. The Kier molecular flexibility index (Phi) is 4.95. The average Bonchev–Trinajstić information content (AvgIpc) is 2.96. The van der Waals surface area contributed by atoms with Crippen LogP contribution in [0.5, 0.6) is 0 Å². The Labute approximate surface area is 139 Å². The van der Waals surface area contributed by atoms with Gasteiger partial charge in [0.2, 0.25) is 0 Å². The van der Waals surface area contributed by atoms with Gasteiger partial charge in [-0.05, 0) is 19.4 Å². The summed E-state index contributed by atoms with van der Waals surface area (Å²) in [6.07, 6.45) is 0.644. The van der Waals surface area contributed by atoms with E-state index in [1.54, 1.807) is 0 Å². The van der Waals surface area contributed by atoms with Gasteiger partial charge < -0.3 is 14.4 Å². The van der Waals surface area contributed by atoms with E-state index in [1.807, 2.05) is 31.2 Å². The maximum atomic E-state index is 9.21. The minimum atomic E-state index is 0.122. The molecule has 0 fully saturated rings. The fourth-order valence-electron chi connectivity index (χ4n) is 2.72. The summed E-state index contributed by atoms with van der Waals surface area (Å²) in [5, 5.41) is 10.2. The molecule has 0 unspecified atom stereocenters. The number of aryl methyl sites for hydroxylation is 1. The second-order valence-corrected chi connectivity index (χ2v) is 5.35. The molecule has 0 aliphatic rings. The molecule has 0 saturated heterocycles. The van der Waals surface area contributed by atoms with E-state index in [4.69, 9.17) is 16.5 Å². The van der Waals surface area contributed by atoms with Crippen LogP contribution in [0, 0.1) is 0 Å². The molecule has 3 rings (SSSR count). The minimum absolute atomic E-state index is 0.122. The molecular formula is C16H19ClN4O2. The van der Waals surface area contributed by atoms with Crippen molar-refractivity contribution >= 4 is 39.5 Å². The summed E-state index contributed by atoms with van der Waals surface area (Å²) >= 11 is 5.84. The van der Waals surface area contributed by atoms with Crippen molar-refractivity contribution in [2.24, 2.45) is 0 Å². The Morgan fingerprint density at radius 2 is 2.13 bits per heavy atom. The summed E-state index contributed by atoms with van der Waals surface area (Å²) in [7, 11) is 0. The number of ether oxygens (including phenoxy) is 1. The van der Waals surface area contributed by atoms with Crippen molar-refractivity contribution in [1.82, 2.24) is 14.5 Å². The van der Waals surface area contributed by atoms with Crippen LogP contribution in [0.2, 0.25) is 0 Å². The number of pyridine rings is 1. The van der Waals surface area contributed by atoms with Gasteiger partial charge in [-0.15, -0.1) is 0 Å². The number of nitrogens with zero attached hydrogens (tertiary/aromatic N) is 3. The summed E-state index contributed by atoms with van der Waals surface area (Å²) < 4.78 is 7.62. The summed E-state index contributed by atoms with van der Waals surface area (Å²) in [4.78, 5) is 11.8. The number of benzene rings is 1. The number of aliphatic hydroxyl groups excluding tert-OH is 1. The predicted molar refractivity (Wildman–Crippen MR) is 91.5 cm³/mol. The summed E-state index contributed by atoms with van der Waals surface area (Å²) in [5.41, 5.74) is 2.52. The zero-order chi connectivity index (χ0) is 16.2. The van der Waals surface area contributed by atoms with Gasteiger partial charge in [-0.2, -0.15) is 0 Å². The molecule has 0 spiro atoms. The molecule has 0 aliphatic carbocycles. The molecule has 0 atom stereocenters. The minimum Gasteiger partial charge on any atom is -0.396 e. The number of imidazole rings is 1. The highest BCUT2D eigenvalue weighted by Gasteiger charge is 2.18. The van der Waals surface area contributed by atoms with Crippen LogP contribution in [0.1, 0.15) is 19.2 Å². The topological polar surface area (TPSA) is 72.2 Å². The molecule has 3 aromatic rings. The number of fused-ring (bicyclic) bond motifs is 3. The normalized spacial score (nSPS) is 11.4. The van der Waals surface area contributed by atoms with Crippen LogP contribution >= 0.6 is 11.8 Å². The molecule has 7 heteroatoms. The standard InChI is InChI=1S/C16H19ClN4O2/c1-2-23-10-13-19-14-15(21(13)8-5-9-22)11-6-3-4-7-12(11)18-16(14)20-17/h3-4,6-7,22H,2,5,8-10H2,1H3,(H,18,20). The number of halogens is 1. The van der Waals surface area contributed by atoms with E-state index in [0.29, 0.717) is 37.5 Å². The Hall–Kier alpha value is -1.89. The van der Waals surface area contributed by atoms with Crippen LogP contribution < -0.4 is 4.84 Å². The highest BCUT2D eigenvalue weighted by molar-refractivity contribution is 6.26. The summed E-state index contributed by atoms with van der Waals surface area (Å²) in [6.45, 7) is 3.75. The first-order valence-corrected chi connectivity index (χ1v) is 8.01. The van der Waals surface area contributed by atoms with Crippen molar-refractivity contribution in [3.8, 4) is 0 Å². The fraction of sp³-hybridized carbons (Fsp3) is 0.375. The van der Waals surface area contributed by atoms with E-state index in [-0.39, 0.29) is 6.61 Å². The first kappa shape index (κ1) is 16.0. The van der Waals surface area contributed by atoms with E-state index < -0.39 is 0 Å². The third-order valence-corrected chi connectivity index (χ3v) is 3.91.